The fourth-order valence-corrected chi connectivity index (χ4v) is 5.62. The van der Waals surface area contributed by atoms with Crippen molar-refractivity contribution in [2.24, 2.45) is 0 Å². The largest absolute Gasteiger partial charge is 0.381 e. The second-order valence-electron chi connectivity index (χ2n) is 10.2. The molecule has 9 nitrogen and oxygen atoms in total. The summed E-state index contributed by atoms with van der Waals surface area (Å²) in [6.45, 7) is 6.29. The molecule has 0 radical (unpaired) electrons. The van der Waals surface area contributed by atoms with Gasteiger partial charge in [0.15, 0.2) is 0 Å². The maximum atomic E-state index is 13.7. The van der Waals surface area contributed by atoms with Crippen LogP contribution in [0.2, 0.25) is 0 Å². The van der Waals surface area contributed by atoms with Crippen molar-refractivity contribution in [2.75, 3.05) is 38.7 Å². The number of ether oxygens (including phenoxy) is 2. The lowest BCUT2D eigenvalue weighted by Crippen LogP contribution is -2.24. The van der Waals surface area contributed by atoms with Crippen LogP contribution in [0.15, 0.2) is 48.8 Å². The lowest BCUT2D eigenvalue weighted by molar-refractivity contribution is 0.0966. The number of likely N-dealkylation sites (tertiary alicyclic amines) is 1. The topological polar surface area (TPSA) is 93.0 Å². The van der Waals surface area contributed by atoms with Gasteiger partial charge in [0, 0.05) is 57.7 Å². The normalized spacial score (nSPS) is 17.0. The number of halogens is 1. The van der Waals surface area contributed by atoms with Crippen molar-refractivity contribution in [3.8, 4) is 11.3 Å². The molecule has 208 valence electrons. The van der Waals surface area contributed by atoms with E-state index in [1.165, 1.54) is 12.1 Å². The Kier molecular flexibility index (Phi) is 7.46. The number of nitrogens with one attached hydrogen (secondary N) is 2. The molecule has 1 fully saturated rings. The zero-order valence-electron chi connectivity index (χ0n) is 22.7. The van der Waals surface area contributed by atoms with E-state index in [9.17, 15) is 9.18 Å². The van der Waals surface area contributed by atoms with Gasteiger partial charge in [-0.15, -0.1) is 0 Å². The number of hydrogen-bond acceptors (Lipinski definition) is 7. The van der Waals surface area contributed by atoms with Crippen LogP contribution in [-0.2, 0) is 29.0 Å². The number of fused-ring (bicyclic) bond motifs is 2. The molecule has 5 heterocycles. The molecule has 1 atom stereocenters. The highest BCUT2D eigenvalue weighted by molar-refractivity contribution is 6.06. The van der Waals surface area contributed by atoms with E-state index in [4.69, 9.17) is 14.5 Å². The van der Waals surface area contributed by atoms with Gasteiger partial charge in [-0.2, -0.15) is 0 Å². The molecule has 0 spiro atoms. The van der Waals surface area contributed by atoms with E-state index in [0.717, 1.165) is 60.6 Å². The molecule has 1 aromatic carbocycles. The van der Waals surface area contributed by atoms with Crippen molar-refractivity contribution in [2.45, 2.75) is 39.0 Å². The highest BCUT2D eigenvalue weighted by Gasteiger charge is 2.28. The van der Waals surface area contributed by atoms with Gasteiger partial charge in [0.2, 0.25) is 0 Å². The van der Waals surface area contributed by atoms with Gasteiger partial charge in [0.25, 0.3) is 5.91 Å². The summed E-state index contributed by atoms with van der Waals surface area (Å²) in [6.07, 6.45) is 5.41. The molecule has 2 aliphatic heterocycles. The summed E-state index contributed by atoms with van der Waals surface area (Å²) in [7, 11) is 1.76. The van der Waals surface area contributed by atoms with Gasteiger partial charge in [0.05, 0.1) is 41.5 Å². The Morgan fingerprint density at radius 1 is 1.23 bits per heavy atom. The summed E-state index contributed by atoms with van der Waals surface area (Å²) in [4.78, 5) is 24.7. The first-order chi connectivity index (χ1) is 19.5. The van der Waals surface area contributed by atoms with Gasteiger partial charge >= 0.3 is 0 Å². The van der Waals surface area contributed by atoms with Crippen LogP contribution in [0.1, 0.15) is 40.5 Å². The number of benzene rings is 1. The van der Waals surface area contributed by atoms with Crippen LogP contribution in [0.3, 0.4) is 0 Å². The van der Waals surface area contributed by atoms with E-state index >= 15 is 0 Å². The Balaban J connectivity index is 1.31. The number of hydrogen-bond donors (Lipinski definition) is 2. The Bertz CT molecular complexity index is 1550. The lowest BCUT2D eigenvalue weighted by atomic mass is 9.99. The minimum Gasteiger partial charge on any atom is -0.381 e. The average molecular weight is 545 g/mol. The maximum Gasteiger partial charge on any atom is 0.254 e. The number of rotatable bonds is 10. The molecular formula is C30H33FN6O3. The molecular weight excluding hydrogens is 511 g/mol. The molecule has 0 saturated carbocycles. The SMILES string of the molecule is CCOCCc1ccc(Nc2ccc(-c3cnc4cc(F)ccn34)c3c2C(=O)NC3)nc1CN1CC[C@@H](OC)C1. The highest BCUT2D eigenvalue weighted by Crippen LogP contribution is 2.35. The first kappa shape index (κ1) is 26.4. The van der Waals surface area contributed by atoms with Gasteiger partial charge in [-0.05, 0) is 49.1 Å². The first-order valence-electron chi connectivity index (χ1n) is 13.7. The summed E-state index contributed by atoms with van der Waals surface area (Å²) >= 11 is 0. The maximum absolute atomic E-state index is 13.7. The minimum atomic E-state index is -0.342. The van der Waals surface area contributed by atoms with E-state index in [1.807, 2.05) is 29.5 Å². The molecule has 2 aliphatic rings. The number of aromatic nitrogens is 3. The average Bonchev–Trinajstić information content (AvgIpc) is 3.69. The van der Waals surface area contributed by atoms with E-state index in [2.05, 4.69) is 26.6 Å². The van der Waals surface area contributed by atoms with Gasteiger partial charge in [-0.1, -0.05) is 12.1 Å². The van der Waals surface area contributed by atoms with E-state index in [0.29, 0.717) is 42.5 Å². The third-order valence-corrected chi connectivity index (χ3v) is 7.70. The van der Waals surface area contributed by atoms with Gasteiger partial charge in [-0.3, -0.25) is 14.1 Å². The van der Waals surface area contributed by atoms with Crippen LogP contribution >= 0.6 is 0 Å². The third-order valence-electron chi connectivity index (χ3n) is 7.70. The fraction of sp³-hybridized carbons (Fsp3) is 0.367. The van der Waals surface area contributed by atoms with Gasteiger partial charge in [0.1, 0.15) is 17.3 Å². The number of methoxy groups -OCH3 is 1. The molecule has 10 heteroatoms. The Morgan fingerprint density at radius 2 is 2.12 bits per heavy atom. The zero-order valence-corrected chi connectivity index (χ0v) is 22.7. The van der Waals surface area contributed by atoms with Gasteiger partial charge < -0.3 is 20.1 Å². The zero-order chi connectivity index (χ0) is 27.6. The molecule has 2 N–H and O–H groups in total. The van der Waals surface area contributed by atoms with Crippen LogP contribution in [-0.4, -0.2) is 64.7 Å². The molecule has 0 unspecified atom stereocenters. The van der Waals surface area contributed by atoms with E-state index in [-0.39, 0.29) is 17.8 Å². The summed E-state index contributed by atoms with van der Waals surface area (Å²) in [5.41, 5.74) is 6.49. The van der Waals surface area contributed by atoms with Gasteiger partial charge in [-0.25, -0.2) is 14.4 Å². The fourth-order valence-electron chi connectivity index (χ4n) is 5.62. The second kappa shape index (κ2) is 11.3. The molecule has 0 aliphatic carbocycles. The smallest absolute Gasteiger partial charge is 0.254 e. The number of pyridine rings is 2. The minimum absolute atomic E-state index is 0.143. The number of anilines is 2. The van der Waals surface area contributed by atoms with Crippen molar-refractivity contribution in [1.82, 2.24) is 24.6 Å². The number of amides is 1. The predicted octanol–water partition coefficient (Wildman–Crippen LogP) is 4.32. The Morgan fingerprint density at radius 3 is 2.95 bits per heavy atom. The molecule has 3 aromatic heterocycles. The number of carbonyl (C=O) groups excluding carboxylic acids is 1. The summed E-state index contributed by atoms with van der Waals surface area (Å²) in [5, 5.41) is 6.37. The summed E-state index contributed by atoms with van der Waals surface area (Å²) in [6, 6.07) is 10.7. The van der Waals surface area contributed by atoms with Crippen molar-refractivity contribution >= 4 is 23.1 Å². The monoisotopic (exact) mass is 544 g/mol. The number of nitrogens with zero attached hydrogens (tertiary/aromatic N) is 4. The molecule has 40 heavy (non-hydrogen) atoms. The van der Waals surface area contributed by atoms with Crippen LogP contribution in [0.5, 0.6) is 0 Å². The molecule has 4 aromatic rings. The molecule has 1 amide bonds. The molecule has 1 saturated heterocycles. The number of imidazole rings is 1. The first-order valence-corrected chi connectivity index (χ1v) is 13.7. The highest BCUT2D eigenvalue weighted by atomic mass is 19.1. The third kappa shape index (κ3) is 5.17. The predicted molar refractivity (Wildman–Crippen MR) is 150 cm³/mol. The summed E-state index contributed by atoms with van der Waals surface area (Å²) < 4.78 is 26.7. The van der Waals surface area contributed by atoms with Crippen molar-refractivity contribution < 1.29 is 18.7 Å². The van der Waals surface area contributed by atoms with Crippen molar-refractivity contribution in [1.29, 1.82) is 0 Å². The summed E-state index contributed by atoms with van der Waals surface area (Å²) in [5.74, 6) is 0.193. The quantitative estimate of drug-likeness (QED) is 0.287. The van der Waals surface area contributed by atoms with Crippen molar-refractivity contribution in [3.05, 3.63) is 77.0 Å². The lowest BCUT2D eigenvalue weighted by Gasteiger charge is -2.19. The molecule has 6 rings (SSSR count). The van der Waals surface area contributed by atoms with E-state index in [1.54, 1.807) is 19.5 Å². The Hall–Kier alpha value is -3.86. The molecule has 0 bridgehead atoms. The van der Waals surface area contributed by atoms with Crippen LogP contribution in [0.4, 0.5) is 15.9 Å². The van der Waals surface area contributed by atoms with Crippen LogP contribution < -0.4 is 10.6 Å². The van der Waals surface area contributed by atoms with Crippen LogP contribution in [0, 0.1) is 5.82 Å². The van der Waals surface area contributed by atoms with E-state index < -0.39 is 0 Å². The van der Waals surface area contributed by atoms with Crippen molar-refractivity contribution in [3.63, 3.8) is 0 Å². The second-order valence-corrected chi connectivity index (χ2v) is 10.2. The number of carbonyl (C=O) groups is 1. The Labute approximate surface area is 232 Å². The van der Waals surface area contributed by atoms with Crippen LogP contribution in [0.25, 0.3) is 16.9 Å². The standard InChI is InChI=1S/C30H33FN6O3/c1-3-40-13-10-19-4-7-27(35-25(19)18-36-11-9-21(17-36)39-2)34-24-6-5-22(23-15-33-30(38)29(23)24)26-16-32-28-14-20(31)8-12-37(26)28/h4-8,12,14,16,21H,3,9-11,13,15,17-18H2,1-2H3,(H,33,38)(H,34,35)/t21-/m1/s1.